The fraction of sp³-hybridized carbons (Fsp3) is 0.353. The lowest BCUT2D eigenvalue weighted by molar-refractivity contribution is -0.117. The summed E-state index contributed by atoms with van der Waals surface area (Å²) in [4.78, 5) is 28.4. The number of nitrogens with one attached hydrogen (secondary N) is 2. The minimum atomic E-state index is -0.586. The highest BCUT2D eigenvalue weighted by Gasteiger charge is 2.20. The molecule has 1 aromatic heterocycles. The number of rotatable bonds is 6. The predicted octanol–water partition coefficient (Wildman–Crippen LogP) is 1.76. The Bertz CT molecular complexity index is 917. The molecule has 1 aliphatic rings. The highest BCUT2D eigenvalue weighted by molar-refractivity contribution is 8.14. The minimum Gasteiger partial charge on any atom is -0.342 e. The Morgan fingerprint density at radius 3 is 2.86 bits per heavy atom. The van der Waals surface area contributed by atoms with Gasteiger partial charge in [-0.2, -0.15) is 0 Å². The number of nitrogens with zero attached hydrogens (tertiary/aromatic N) is 4. The summed E-state index contributed by atoms with van der Waals surface area (Å²) in [7, 11) is 1.75. The Morgan fingerprint density at radius 2 is 2.14 bits per heavy atom. The van der Waals surface area contributed by atoms with E-state index in [1.807, 2.05) is 0 Å². The first-order chi connectivity index (χ1) is 13.5. The molecule has 1 aromatic carbocycles. The van der Waals surface area contributed by atoms with Gasteiger partial charge in [-0.15, -0.1) is 10.2 Å². The number of amidine groups is 1. The number of aliphatic imine (C=N–C) groups is 1. The van der Waals surface area contributed by atoms with Crippen LogP contribution in [0.1, 0.15) is 29.1 Å². The van der Waals surface area contributed by atoms with Crippen molar-refractivity contribution in [2.24, 2.45) is 12.0 Å². The summed E-state index contributed by atoms with van der Waals surface area (Å²) >= 11 is 2.75. The number of amides is 2. The molecule has 3 rings (SSSR count). The lowest BCUT2D eigenvalue weighted by Crippen LogP contribution is -2.29. The van der Waals surface area contributed by atoms with Crippen molar-refractivity contribution in [1.29, 1.82) is 0 Å². The smallest absolute Gasteiger partial charge is 0.254 e. The number of hydrogen-bond acceptors (Lipinski definition) is 7. The van der Waals surface area contributed by atoms with E-state index in [9.17, 15) is 14.0 Å². The van der Waals surface area contributed by atoms with E-state index in [0.717, 1.165) is 12.3 Å². The van der Waals surface area contributed by atoms with Gasteiger partial charge in [0.2, 0.25) is 5.91 Å². The lowest BCUT2D eigenvalue weighted by Gasteiger charge is -2.14. The van der Waals surface area contributed by atoms with Crippen molar-refractivity contribution in [3.8, 4) is 0 Å². The molecule has 0 fully saturated rings. The van der Waals surface area contributed by atoms with E-state index < -0.39 is 17.8 Å². The van der Waals surface area contributed by atoms with Gasteiger partial charge in [0.1, 0.15) is 5.82 Å². The first kappa shape index (κ1) is 20.3. The summed E-state index contributed by atoms with van der Waals surface area (Å²) in [5, 5.41) is 14.8. The SMILES string of the molecule is C[C@@H](NC(=O)c1ccccc1F)c1nnc(SCC(=O)NC2=NCCS2)n1C. The molecular formula is C17H19FN6O2S2. The van der Waals surface area contributed by atoms with Crippen molar-refractivity contribution in [3.05, 3.63) is 41.5 Å². The largest absolute Gasteiger partial charge is 0.342 e. The van der Waals surface area contributed by atoms with Crippen LogP contribution in [0.15, 0.2) is 34.4 Å². The van der Waals surface area contributed by atoms with Crippen LogP contribution in [0, 0.1) is 5.82 Å². The predicted molar refractivity (Wildman–Crippen MR) is 107 cm³/mol. The van der Waals surface area contributed by atoms with Crippen LogP contribution in [0.4, 0.5) is 4.39 Å². The van der Waals surface area contributed by atoms with Gasteiger partial charge in [0.05, 0.1) is 23.9 Å². The van der Waals surface area contributed by atoms with Crippen LogP contribution in [0.25, 0.3) is 0 Å². The van der Waals surface area contributed by atoms with Crippen LogP contribution < -0.4 is 10.6 Å². The van der Waals surface area contributed by atoms with Gasteiger partial charge in [0.25, 0.3) is 5.91 Å². The van der Waals surface area contributed by atoms with E-state index in [4.69, 9.17) is 0 Å². The van der Waals surface area contributed by atoms with Crippen LogP contribution in [0.5, 0.6) is 0 Å². The maximum absolute atomic E-state index is 13.8. The maximum atomic E-state index is 13.8. The Balaban J connectivity index is 1.58. The van der Waals surface area contributed by atoms with Crippen LogP contribution in [-0.2, 0) is 11.8 Å². The monoisotopic (exact) mass is 422 g/mol. The Morgan fingerprint density at radius 1 is 1.36 bits per heavy atom. The second kappa shape index (κ2) is 9.20. The van der Waals surface area contributed by atoms with E-state index in [2.05, 4.69) is 25.8 Å². The summed E-state index contributed by atoms with van der Waals surface area (Å²) in [5.74, 6) is 0.273. The molecule has 28 heavy (non-hydrogen) atoms. The number of benzene rings is 1. The van der Waals surface area contributed by atoms with Crippen LogP contribution in [0.3, 0.4) is 0 Å². The van der Waals surface area contributed by atoms with Crippen molar-refractivity contribution in [2.75, 3.05) is 18.1 Å². The standard InChI is InChI=1S/C17H19FN6O2S2/c1-10(20-15(26)11-5-3-4-6-12(11)18)14-22-23-17(24(14)2)28-9-13(25)21-16-19-7-8-27-16/h3-6,10H,7-9H2,1-2H3,(H,20,26)(H,19,21,25)/t10-/m1/s1. The molecule has 0 radical (unpaired) electrons. The number of thioether (sulfide) groups is 2. The molecule has 2 N–H and O–H groups in total. The van der Waals surface area contributed by atoms with Gasteiger partial charge in [0, 0.05) is 12.8 Å². The summed E-state index contributed by atoms with van der Waals surface area (Å²) in [6.07, 6.45) is 0. The molecule has 2 heterocycles. The first-order valence-electron chi connectivity index (χ1n) is 8.50. The Kier molecular flexibility index (Phi) is 6.68. The van der Waals surface area contributed by atoms with Gasteiger partial charge >= 0.3 is 0 Å². The van der Waals surface area contributed by atoms with Crippen molar-refractivity contribution in [1.82, 2.24) is 25.4 Å². The van der Waals surface area contributed by atoms with Gasteiger partial charge in [-0.3, -0.25) is 14.6 Å². The quantitative estimate of drug-likeness (QED) is 0.688. The highest BCUT2D eigenvalue weighted by Crippen LogP contribution is 2.20. The molecule has 0 unspecified atom stereocenters. The normalized spacial score (nSPS) is 14.5. The van der Waals surface area contributed by atoms with E-state index in [0.29, 0.717) is 16.1 Å². The molecule has 2 aromatic rings. The van der Waals surface area contributed by atoms with Crippen LogP contribution in [0.2, 0.25) is 0 Å². The molecule has 11 heteroatoms. The third kappa shape index (κ3) is 4.90. The second-order valence-electron chi connectivity index (χ2n) is 5.95. The van der Waals surface area contributed by atoms with E-state index in [-0.39, 0.29) is 17.2 Å². The molecule has 0 bridgehead atoms. The number of hydrogen-bond donors (Lipinski definition) is 2. The van der Waals surface area contributed by atoms with Gasteiger partial charge in [-0.25, -0.2) is 4.39 Å². The highest BCUT2D eigenvalue weighted by atomic mass is 32.2. The van der Waals surface area contributed by atoms with E-state index >= 15 is 0 Å². The first-order valence-corrected chi connectivity index (χ1v) is 10.5. The van der Waals surface area contributed by atoms with Crippen molar-refractivity contribution in [2.45, 2.75) is 18.1 Å². The maximum Gasteiger partial charge on any atom is 0.254 e. The van der Waals surface area contributed by atoms with E-state index in [1.165, 1.54) is 41.7 Å². The molecule has 1 atom stereocenters. The van der Waals surface area contributed by atoms with Crippen molar-refractivity contribution in [3.63, 3.8) is 0 Å². The number of aromatic nitrogens is 3. The van der Waals surface area contributed by atoms with E-state index in [1.54, 1.807) is 24.6 Å². The summed E-state index contributed by atoms with van der Waals surface area (Å²) in [6, 6.07) is 5.28. The lowest BCUT2D eigenvalue weighted by atomic mass is 10.2. The topological polar surface area (TPSA) is 101 Å². The third-order valence-electron chi connectivity index (χ3n) is 3.89. The summed E-state index contributed by atoms with van der Waals surface area (Å²) < 4.78 is 15.5. The van der Waals surface area contributed by atoms with Gasteiger partial charge in [-0.1, -0.05) is 35.7 Å². The fourth-order valence-electron chi connectivity index (χ4n) is 2.51. The van der Waals surface area contributed by atoms with Gasteiger partial charge < -0.3 is 15.2 Å². The molecule has 8 nitrogen and oxygen atoms in total. The number of carbonyl (C=O) groups excluding carboxylic acids is 2. The Hall–Kier alpha value is -2.40. The second-order valence-corrected chi connectivity index (χ2v) is 7.97. The van der Waals surface area contributed by atoms with Gasteiger partial charge in [0.15, 0.2) is 16.1 Å². The molecule has 0 saturated heterocycles. The average molecular weight is 423 g/mol. The van der Waals surface area contributed by atoms with Crippen molar-refractivity contribution >= 4 is 40.5 Å². The number of halogens is 1. The zero-order valence-corrected chi connectivity index (χ0v) is 16.9. The zero-order valence-electron chi connectivity index (χ0n) is 15.3. The molecule has 0 aliphatic carbocycles. The average Bonchev–Trinajstić information content (AvgIpc) is 3.30. The Labute approximate surface area is 169 Å². The number of carbonyl (C=O) groups is 2. The van der Waals surface area contributed by atoms with Crippen molar-refractivity contribution < 1.29 is 14.0 Å². The molecule has 1 aliphatic heterocycles. The molecular weight excluding hydrogens is 403 g/mol. The summed E-state index contributed by atoms with van der Waals surface area (Å²) in [5.41, 5.74) is -0.0320. The van der Waals surface area contributed by atoms with Gasteiger partial charge in [-0.05, 0) is 19.1 Å². The fourth-order valence-corrected chi connectivity index (χ4v) is 3.97. The third-order valence-corrected chi connectivity index (χ3v) is 5.80. The van der Waals surface area contributed by atoms with Crippen LogP contribution in [-0.4, -0.2) is 49.8 Å². The zero-order chi connectivity index (χ0) is 20.1. The van der Waals surface area contributed by atoms with Crippen LogP contribution >= 0.6 is 23.5 Å². The molecule has 148 valence electrons. The summed E-state index contributed by atoms with van der Waals surface area (Å²) in [6.45, 7) is 2.45. The molecule has 0 spiro atoms. The molecule has 0 saturated carbocycles. The molecule has 2 amide bonds. The minimum absolute atomic E-state index is 0.0320.